The van der Waals surface area contributed by atoms with Gasteiger partial charge in [-0.15, -0.1) is 0 Å². The van der Waals surface area contributed by atoms with E-state index in [0.717, 1.165) is 0 Å². The fourth-order valence-electron chi connectivity index (χ4n) is 2.01. The van der Waals surface area contributed by atoms with E-state index < -0.39 is 50.9 Å². The lowest BCUT2D eigenvalue weighted by molar-refractivity contribution is -0.275. The molecule has 0 N–H and O–H groups in total. The van der Waals surface area contributed by atoms with Gasteiger partial charge in [-0.25, -0.2) is 22.0 Å². The van der Waals surface area contributed by atoms with Crippen molar-refractivity contribution in [1.29, 1.82) is 0 Å². The molecule has 0 fully saturated rings. The normalized spacial score (nSPS) is 12.5. The summed E-state index contributed by atoms with van der Waals surface area (Å²) >= 11 is 0. The smallest absolute Gasteiger partial charge is 0.262 e. The van der Waals surface area contributed by atoms with E-state index >= 15 is 0 Å². The van der Waals surface area contributed by atoms with Crippen molar-refractivity contribution in [3.05, 3.63) is 34.6 Å². The second-order valence-corrected chi connectivity index (χ2v) is 7.48. The Morgan fingerprint density at radius 1 is 0.760 bits per heavy atom. The zero-order valence-corrected chi connectivity index (χ0v) is 16.1. The van der Waals surface area contributed by atoms with E-state index in [-0.39, 0.29) is 25.0 Å². The Labute approximate surface area is 146 Å². The maximum absolute atomic E-state index is 13.5. The molecule has 0 aliphatic heterocycles. The van der Waals surface area contributed by atoms with Gasteiger partial charge in [-0.05, 0) is 46.6 Å². The number of halogens is 5. The molecule has 0 aliphatic rings. The van der Waals surface area contributed by atoms with Crippen molar-refractivity contribution in [3.8, 4) is 0 Å². The first kappa shape index (κ1) is 22.0. The molecular weight excluding hydrogens is 363 g/mol. The molecule has 0 aliphatic carbocycles. The fourth-order valence-corrected chi connectivity index (χ4v) is 2.98. The minimum absolute atomic E-state index is 0.105. The molecule has 9 heteroatoms. The standard InChI is InChI=1S/C16H23F5O3Si/c1-8(2)22-16(23-9(3)4)24-25-7-5-6-10-11(17)13(19)15(21)14(20)12(10)18/h8-9,16H,5-7,25H2,1-4H3. The van der Waals surface area contributed by atoms with Gasteiger partial charge in [-0.2, -0.15) is 0 Å². The van der Waals surface area contributed by atoms with Crippen molar-refractivity contribution >= 4 is 9.76 Å². The van der Waals surface area contributed by atoms with Gasteiger partial charge in [-0.1, -0.05) is 0 Å². The Kier molecular flexibility index (Phi) is 8.98. The number of benzene rings is 1. The van der Waals surface area contributed by atoms with Crippen molar-refractivity contribution in [2.45, 2.75) is 65.3 Å². The highest BCUT2D eigenvalue weighted by molar-refractivity contribution is 6.27. The van der Waals surface area contributed by atoms with Crippen molar-refractivity contribution in [3.63, 3.8) is 0 Å². The first-order valence-corrected chi connectivity index (χ1v) is 9.65. The highest BCUT2D eigenvalue weighted by atomic mass is 28.2. The van der Waals surface area contributed by atoms with Crippen LogP contribution in [0.5, 0.6) is 0 Å². The van der Waals surface area contributed by atoms with E-state index in [1.807, 2.05) is 27.7 Å². The van der Waals surface area contributed by atoms with Crippen LogP contribution in [-0.2, 0) is 20.3 Å². The average Bonchev–Trinajstić information content (AvgIpc) is 2.52. The van der Waals surface area contributed by atoms with Crippen LogP contribution in [0.4, 0.5) is 22.0 Å². The van der Waals surface area contributed by atoms with Gasteiger partial charge >= 0.3 is 0 Å². The van der Waals surface area contributed by atoms with Crippen molar-refractivity contribution in [2.24, 2.45) is 0 Å². The second-order valence-electron chi connectivity index (χ2n) is 6.03. The predicted molar refractivity (Wildman–Crippen MR) is 85.2 cm³/mol. The summed E-state index contributed by atoms with van der Waals surface area (Å²) in [5.41, 5.74) is -0.793. The molecule has 0 unspecified atom stereocenters. The summed E-state index contributed by atoms with van der Waals surface area (Å²) in [5.74, 6) is -9.53. The third-order valence-corrected chi connectivity index (χ3v) is 4.44. The minimum Gasteiger partial charge on any atom is -0.379 e. The third kappa shape index (κ3) is 6.65. The van der Waals surface area contributed by atoms with Gasteiger partial charge in [0.25, 0.3) is 6.48 Å². The monoisotopic (exact) mass is 386 g/mol. The molecule has 3 nitrogen and oxygen atoms in total. The Hall–Kier alpha value is -1.03. The van der Waals surface area contributed by atoms with Crippen LogP contribution in [0.3, 0.4) is 0 Å². The van der Waals surface area contributed by atoms with E-state index in [0.29, 0.717) is 6.04 Å². The number of hydrogen-bond acceptors (Lipinski definition) is 3. The number of ether oxygens (including phenoxy) is 2. The lowest BCUT2D eigenvalue weighted by Crippen LogP contribution is -2.28. The maximum Gasteiger partial charge on any atom is 0.262 e. The van der Waals surface area contributed by atoms with Gasteiger partial charge in [0.2, 0.25) is 5.82 Å². The zero-order chi connectivity index (χ0) is 19.1. The SMILES string of the molecule is CC(C)OC(O[SiH2]CCCc1c(F)c(F)c(F)c(F)c1F)OC(C)C. The predicted octanol–water partition coefficient (Wildman–Crippen LogP) is 3.97. The molecular formula is C16H23F5O3Si. The van der Waals surface area contributed by atoms with Crippen LogP contribution in [0.1, 0.15) is 39.7 Å². The third-order valence-electron chi connectivity index (χ3n) is 3.14. The summed E-state index contributed by atoms with van der Waals surface area (Å²) in [6, 6.07) is 0.471. The van der Waals surface area contributed by atoms with Crippen LogP contribution in [0, 0.1) is 29.1 Å². The molecule has 144 valence electrons. The van der Waals surface area contributed by atoms with Gasteiger partial charge in [-0.3, -0.25) is 0 Å². The molecule has 0 heterocycles. The van der Waals surface area contributed by atoms with Crippen molar-refractivity contribution < 1.29 is 35.9 Å². The molecule has 0 bridgehead atoms. The minimum atomic E-state index is -2.14. The Bertz CT molecular complexity index is 530. The summed E-state index contributed by atoms with van der Waals surface area (Å²) in [4.78, 5) is 0. The summed E-state index contributed by atoms with van der Waals surface area (Å²) in [6.07, 6.45) is -0.235. The summed E-state index contributed by atoms with van der Waals surface area (Å²) in [7, 11) is -1.15. The van der Waals surface area contributed by atoms with E-state index in [4.69, 9.17) is 13.9 Å². The number of hydrogen-bond donors (Lipinski definition) is 0. The maximum atomic E-state index is 13.5. The largest absolute Gasteiger partial charge is 0.379 e. The highest BCUT2D eigenvalue weighted by Crippen LogP contribution is 2.24. The van der Waals surface area contributed by atoms with Gasteiger partial charge in [0, 0.05) is 5.56 Å². The van der Waals surface area contributed by atoms with Crippen LogP contribution in [0.2, 0.25) is 6.04 Å². The lowest BCUT2D eigenvalue weighted by Gasteiger charge is -2.23. The van der Waals surface area contributed by atoms with Gasteiger partial charge in [0.1, 0.15) is 0 Å². The molecule has 25 heavy (non-hydrogen) atoms. The molecule has 1 aromatic carbocycles. The second kappa shape index (κ2) is 10.2. The van der Waals surface area contributed by atoms with Gasteiger partial charge < -0.3 is 13.9 Å². The number of rotatable bonds is 10. The van der Waals surface area contributed by atoms with Crippen LogP contribution in [0.15, 0.2) is 0 Å². The Morgan fingerprint density at radius 3 is 1.64 bits per heavy atom. The van der Waals surface area contributed by atoms with Gasteiger partial charge in [0.05, 0.1) is 12.2 Å². The quantitative estimate of drug-likeness (QED) is 0.152. The molecule has 0 spiro atoms. The Morgan fingerprint density at radius 2 is 1.20 bits per heavy atom. The first-order valence-electron chi connectivity index (χ1n) is 8.08. The van der Waals surface area contributed by atoms with Gasteiger partial charge in [0.15, 0.2) is 33.0 Å². The van der Waals surface area contributed by atoms with Crippen molar-refractivity contribution in [2.75, 3.05) is 0 Å². The van der Waals surface area contributed by atoms with Crippen molar-refractivity contribution in [1.82, 2.24) is 0 Å². The topological polar surface area (TPSA) is 27.7 Å². The molecule has 0 aromatic heterocycles. The molecule has 0 saturated heterocycles. The fraction of sp³-hybridized carbons (Fsp3) is 0.625. The summed E-state index contributed by atoms with van der Waals surface area (Å²) < 4.78 is 82.7. The molecule has 1 rings (SSSR count). The average molecular weight is 386 g/mol. The van der Waals surface area contributed by atoms with E-state index in [1.165, 1.54) is 0 Å². The van der Waals surface area contributed by atoms with Crippen LogP contribution in [0.25, 0.3) is 0 Å². The highest BCUT2D eigenvalue weighted by Gasteiger charge is 2.25. The Balaban J connectivity index is 2.53. The van der Waals surface area contributed by atoms with Crippen LogP contribution >= 0.6 is 0 Å². The zero-order valence-electron chi connectivity index (χ0n) is 14.7. The van der Waals surface area contributed by atoms with Crippen LogP contribution < -0.4 is 0 Å². The summed E-state index contributed by atoms with van der Waals surface area (Å²) in [6.45, 7) is 6.48. The first-order chi connectivity index (χ1) is 11.6. The van der Waals surface area contributed by atoms with Crippen LogP contribution in [-0.4, -0.2) is 28.4 Å². The van der Waals surface area contributed by atoms with E-state index in [9.17, 15) is 22.0 Å². The summed E-state index contributed by atoms with van der Waals surface area (Å²) in [5, 5.41) is 0. The van der Waals surface area contributed by atoms with E-state index in [1.54, 1.807) is 0 Å². The molecule has 0 amide bonds. The lowest BCUT2D eigenvalue weighted by atomic mass is 10.1. The molecule has 0 atom stereocenters. The molecule has 0 radical (unpaired) electrons. The van der Waals surface area contributed by atoms with E-state index in [2.05, 4.69) is 0 Å². The molecule has 0 saturated carbocycles. The molecule has 1 aromatic rings.